The smallest absolute Gasteiger partial charge is 0.336 e. The monoisotopic (exact) mass is 728 g/mol. The van der Waals surface area contributed by atoms with Crippen molar-refractivity contribution in [1.29, 1.82) is 0 Å². The quantitative estimate of drug-likeness (QED) is 0.0482. The molecule has 0 amide bonds. The molecular weight excluding hydrogens is 688 g/mol. The van der Waals surface area contributed by atoms with Gasteiger partial charge in [0.05, 0.1) is 0 Å². The Labute approximate surface area is 313 Å². The Kier molecular flexibility index (Phi) is 13.7. The first-order chi connectivity index (χ1) is 26.3. The van der Waals surface area contributed by atoms with Gasteiger partial charge in [0.2, 0.25) is 13.6 Å². The zero-order valence-electron chi connectivity index (χ0n) is 29.6. The van der Waals surface area contributed by atoms with E-state index in [0.29, 0.717) is 23.0 Å². The molecule has 0 atom stereocenters. The van der Waals surface area contributed by atoms with E-state index in [0.717, 1.165) is 66.5 Å². The summed E-state index contributed by atoms with van der Waals surface area (Å²) in [5, 5.41) is 0. The maximum absolute atomic E-state index is 12.6. The van der Waals surface area contributed by atoms with Gasteiger partial charge in [-0.3, -0.25) is 0 Å². The van der Waals surface area contributed by atoms with E-state index in [4.69, 9.17) is 28.4 Å². The molecule has 0 saturated heterocycles. The summed E-state index contributed by atoms with van der Waals surface area (Å²) in [7, 11) is 0. The van der Waals surface area contributed by atoms with Gasteiger partial charge in [-0.1, -0.05) is 81.0 Å². The summed E-state index contributed by atoms with van der Waals surface area (Å²) in [6.07, 6.45) is 13.3. The number of carbonyl (C=O) groups is 4. The Morgan fingerprint density at radius 2 is 0.870 bits per heavy atom. The minimum absolute atomic E-state index is 0.227. The Hall–Kier alpha value is -6.68. The first kappa shape index (κ1) is 38.5. The van der Waals surface area contributed by atoms with Gasteiger partial charge in [0.1, 0.15) is 23.0 Å². The van der Waals surface area contributed by atoms with E-state index in [-0.39, 0.29) is 19.0 Å². The van der Waals surface area contributed by atoms with E-state index >= 15 is 0 Å². The van der Waals surface area contributed by atoms with Crippen molar-refractivity contribution in [2.24, 2.45) is 0 Å². The van der Waals surface area contributed by atoms with Crippen LogP contribution in [0.2, 0.25) is 0 Å². The van der Waals surface area contributed by atoms with E-state index in [9.17, 15) is 19.2 Å². The molecule has 10 heteroatoms. The first-order valence-corrected chi connectivity index (χ1v) is 17.3. The van der Waals surface area contributed by atoms with Gasteiger partial charge in [-0.15, -0.1) is 0 Å². The fourth-order valence-electron chi connectivity index (χ4n) is 5.99. The van der Waals surface area contributed by atoms with Crippen molar-refractivity contribution < 1.29 is 47.6 Å². The van der Waals surface area contributed by atoms with Crippen molar-refractivity contribution in [3.05, 3.63) is 157 Å². The van der Waals surface area contributed by atoms with Crippen molar-refractivity contribution in [3.8, 4) is 23.0 Å². The van der Waals surface area contributed by atoms with Crippen molar-refractivity contribution in [1.82, 2.24) is 0 Å². The lowest BCUT2D eigenvalue weighted by Gasteiger charge is -2.38. The van der Waals surface area contributed by atoms with Crippen LogP contribution < -0.4 is 18.9 Å². The summed E-state index contributed by atoms with van der Waals surface area (Å²) in [5.74, 6) is -0.297. The van der Waals surface area contributed by atoms with Crippen LogP contribution in [0, 0.1) is 0 Å². The molecule has 4 aromatic carbocycles. The van der Waals surface area contributed by atoms with Gasteiger partial charge in [0.15, 0.2) is 0 Å². The second-order valence-corrected chi connectivity index (χ2v) is 12.2. The number of carbonyl (C=O) groups excluding carboxylic acids is 4. The number of hydrogen-bond donors (Lipinski definition) is 0. The minimum atomic E-state index is -0.574. The van der Waals surface area contributed by atoms with Gasteiger partial charge in [0, 0.05) is 29.7 Å². The number of ether oxygens (including phenoxy) is 6. The van der Waals surface area contributed by atoms with Crippen LogP contribution in [-0.2, 0) is 34.1 Å². The molecule has 0 spiro atoms. The molecule has 0 heterocycles. The first-order valence-electron chi connectivity index (χ1n) is 17.3. The van der Waals surface area contributed by atoms with Crippen LogP contribution in [0.3, 0.4) is 0 Å². The molecule has 1 aliphatic rings. The molecular formula is C44H40O10. The van der Waals surface area contributed by atoms with Crippen LogP contribution in [0.15, 0.2) is 135 Å². The third kappa shape index (κ3) is 11.2. The summed E-state index contributed by atoms with van der Waals surface area (Å²) >= 11 is 0. The van der Waals surface area contributed by atoms with Crippen LogP contribution in [0.1, 0.15) is 54.4 Å². The molecule has 5 rings (SSSR count). The molecule has 54 heavy (non-hydrogen) atoms. The maximum atomic E-state index is 12.6. The number of esters is 4. The lowest BCUT2D eigenvalue weighted by Crippen LogP contribution is -2.30. The summed E-state index contributed by atoms with van der Waals surface area (Å²) in [6.45, 7) is 6.19. The molecule has 0 bridgehead atoms. The van der Waals surface area contributed by atoms with Crippen LogP contribution in [0.4, 0.5) is 0 Å². The van der Waals surface area contributed by atoms with E-state index in [1.165, 1.54) is 12.2 Å². The van der Waals surface area contributed by atoms with E-state index in [1.807, 2.05) is 48.5 Å². The molecule has 1 fully saturated rings. The molecule has 0 N–H and O–H groups in total. The second kappa shape index (κ2) is 19.2. The summed E-state index contributed by atoms with van der Waals surface area (Å²) < 4.78 is 31.4. The molecule has 1 aliphatic carbocycles. The number of hydrogen-bond acceptors (Lipinski definition) is 10. The summed E-state index contributed by atoms with van der Waals surface area (Å²) in [6, 6.07) is 29.1. The molecule has 0 aromatic heterocycles. The zero-order valence-corrected chi connectivity index (χ0v) is 29.6. The number of rotatable bonds is 16. The minimum Gasteiger partial charge on any atom is -0.457 e. The van der Waals surface area contributed by atoms with Crippen molar-refractivity contribution >= 4 is 36.0 Å². The summed E-state index contributed by atoms with van der Waals surface area (Å²) in [4.78, 5) is 47.4. The van der Waals surface area contributed by atoms with Gasteiger partial charge in [-0.25, -0.2) is 19.2 Å². The van der Waals surface area contributed by atoms with E-state index in [2.05, 4.69) is 13.2 Å². The highest BCUT2D eigenvalue weighted by molar-refractivity contribution is 5.89. The van der Waals surface area contributed by atoms with E-state index < -0.39 is 23.9 Å². The zero-order chi connectivity index (χ0) is 38.2. The maximum Gasteiger partial charge on any atom is 0.336 e. The topological polar surface area (TPSA) is 124 Å². The highest BCUT2D eigenvalue weighted by Crippen LogP contribution is 2.45. The van der Waals surface area contributed by atoms with Crippen molar-refractivity contribution in [2.45, 2.75) is 37.5 Å². The van der Waals surface area contributed by atoms with Crippen molar-refractivity contribution in [2.75, 3.05) is 13.6 Å². The Morgan fingerprint density at radius 3 is 1.24 bits per heavy atom. The standard InChI is InChI=1S/C44H40O10/c1-3-40(45)51-30-49-36-18-8-32(9-19-36)12-26-42(47)53-38-22-14-34(15-23-38)44(28-6-5-7-29-44)35-16-24-39(25-17-35)54-43(48)27-13-33-10-20-37(21-11-33)50-31-52-41(46)4-2/h3-4,8-27H,1-2,5-7,28-31H2. The molecule has 0 unspecified atom stereocenters. The molecule has 276 valence electrons. The molecule has 0 radical (unpaired) electrons. The van der Waals surface area contributed by atoms with Crippen LogP contribution in [0.5, 0.6) is 23.0 Å². The fourth-order valence-corrected chi connectivity index (χ4v) is 5.99. The van der Waals surface area contributed by atoms with E-state index in [1.54, 1.807) is 60.7 Å². The van der Waals surface area contributed by atoms with Crippen molar-refractivity contribution in [3.63, 3.8) is 0 Å². The Balaban J connectivity index is 1.15. The summed E-state index contributed by atoms with van der Waals surface area (Å²) in [5.41, 5.74) is 3.54. The molecule has 1 saturated carbocycles. The van der Waals surface area contributed by atoms with Crippen LogP contribution in [0.25, 0.3) is 12.2 Å². The lowest BCUT2D eigenvalue weighted by molar-refractivity contribution is -0.145. The van der Waals surface area contributed by atoms with Gasteiger partial charge in [-0.05, 0) is 95.8 Å². The Bertz CT molecular complexity index is 1830. The van der Waals surface area contributed by atoms with Gasteiger partial charge >= 0.3 is 23.9 Å². The van der Waals surface area contributed by atoms with Gasteiger partial charge in [-0.2, -0.15) is 0 Å². The predicted molar refractivity (Wildman–Crippen MR) is 203 cm³/mol. The predicted octanol–water partition coefficient (Wildman–Crippen LogP) is 8.31. The average Bonchev–Trinajstić information content (AvgIpc) is 3.21. The largest absolute Gasteiger partial charge is 0.457 e. The SMILES string of the molecule is C=CC(=O)OCOc1ccc(C=CC(=O)Oc2ccc(C3(c4ccc(OC(=O)C=Cc5ccc(OCOC(=O)C=C)cc5)cc4)CCCCC3)cc2)cc1. The average molecular weight is 729 g/mol. The number of benzene rings is 4. The molecule has 10 nitrogen and oxygen atoms in total. The highest BCUT2D eigenvalue weighted by atomic mass is 16.7. The highest BCUT2D eigenvalue weighted by Gasteiger charge is 2.35. The lowest BCUT2D eigenvalue weighted by atomic mass is 9.65. The van der Waals surface area contributed by atoms with Gasteiger partial charge < -0.3 is 28.4 Å². The van der Waals surface area contributed by atoms with Crippen LogP contribution >= 0.6 is 0 Å². The molecule has 4 aromatic rings. The van der Waals surface area contributed by atoms with Crippen LogP contribution in [-0.4, -0.2) is 37.5 Å². The molecule has 0 aliphatic heterocycles. The third-order valence-corrected chi connectivity index (χ3v) is 8.73. The normalized spacial score (nSPS) is 13.4. The second-order valence-electron chi connectivity index (χ2n) is 12.2. The van der Waals surface area contributed by atoms with Gasteiger partial charge in [0.25, 0.3) is 0 Å². The fraction of sp³-hybridized carbons (Fsp3) is 0.182. The third-order valence-electron chi connectivity index (χ3n) is 8.73. The Morgan fingerprint density at radius 1 is 0.500 bits per heavy atom.